The quantitative estimate of drug-likeness (QED) is 0.512. The Morgan fingerprint density at radius 3 is 2.57 bits per heavy atom. The average molecular weight is 192 g/mol. The Morgan fingerprint density at radius 2 is 2.00 bits per heavy atom. The van der Waals surface area contributed by atoms with Crippen molar-refractivity contribution >= 4 is 0 Å². The lowest BCUT2D eigenvalue weighted by Crippen LogP contribution is -2.17. The van der Waals surface area contributed by atoms with Crippen LogP contribution in [0.15, 0.2) is 35.6 Å². The molecule has 0 N–H and O–H groups in total. The highest BCUT2D eigenvalue weighted by Crippen LogP contribution is 2.03. The molecule has 0 bridgehead atoms. The molecule has 0 radical (unpaired) electrons. The topological polar surface area (TPSA) is 32.7 Å². The average Bonchev–Trinajstić information content (AvgIpc) is 2.26. The molecular formula is C11H16N2O. The maximum atomic E-state index is 10.3. The van der Waals surface area contributed by atoms with Crippen molar-refractivity contribution in [3.8, 4) is 0 Å². The van der Waals surface area contributed by atoms with Gasteiger partial charge in [-0.3, -0.25) is 5.01 Å². The third-order valence-corrected chi connectivity index (χ3v) is 2.21. The van der Waals surface area contributed by atoms with Gasteiger partial charge in [0.15, 0.2) is 0 Å². The second kappa shape index (κ2) is 6.13. The zero-order valence-corrected chi connectivity index (χ0v) is 8.52. The van der Waals surface area contributed by atoms with Crippen LogP contribution in [0.4, 0.5) is 0 Å². The highest BCUT2D eigenvalue weighted by Gasteiger charge is 1.98. The van der Waals surface area contributed by atoms with Crippen molar-refractivity contribution in [2.24, 2.45) is 5.29 Å². The van der Waals surface area contributed by atoms with E-state index in [1.54, 1.807) is 5.01 Å². The van der Waals surface area contributed by atoms with E-state index in [2.05, 4.69) is 17.4 Å². The molecule has 0 unspecified atom stereocenters. The van der Waals surface area contributed by atoms with E-state index in [0.717, 1.165) is 19.4 Å². The lowest BCUT2D eigenvalue weighted by molar-refractivity contribution is 0.295. The zero-order chi connectivity index (χ0) is 10.2. The predicted octanol–water partition coefficient (Wildman–Crippen LogP) is 2.62. The Hall–Kier alpha value is -1.38. The van der Waals surface area contributed by atoms with E-state index in [-0.39, 0.29) is 0 Å². The summed E-state index contributed by atoms with van der Waals surface area (Å²) in [5.74, 6) is 0. The Morgan fingerprint density at radius 1 is 1.29 bits per heavy atom. The molecule has 1 aromatic carbocycles. The van der Waals surface area contributed by atoms with Gasteiger partial charge in [-0.2, -0.15) is 0 Å². The van der Waals surface area contributed by atoms with Gasteiger partial charge in [0.25, 0.3) is 0 Å². The number of hydrogen-bond donors (Lipinski definition) is 0. The molecule has 0 saturated carbocycles. The predicted molar refractivity (Wildman–Crippen MR) is 57.8 cm³/mol. The van der Waals surface area contributed by atoms with Gasteiger partial charge in [0.1, 0.15) is 0 Å². The van der Waals surface area contributed by atoms with Crippen LogP contribution < -0.4 is 0 Å². The summed E-state index contributed by atoms with van der Waals surface area (Å²) in [6.45, 7) is 3.37. The fourth-order valence-electron chi connectivity index (χ4n) is 1.37. The summed E-state index contributed by atoms with van der Waals surface area (Å²) >= 11 is 0. The zero-order valence-electron chi connectivity index (χ0n) is 8.52. The minimum atomic E-state index is 0.693. The fourth-order valence-corrected chi connectivity index (χ4v) is 1.37. The maximum Gasteiger partial charge on any atom is 0.0523 e. The summed E-state index contributed by atoms with van der Waals surface area (Å²) < 4.78 is 0. The molecule has 0 fully saturated rings. The van der Waals surface area contributed by atoms with E-state index in [4.69, 9.17) is 0 Å². The van der Waals surface area contributed by atoms with Crippen molar-refractivity contribution in [1.82, 2.24) is 5.01 Å². The van der Waals surface area contributed by atoms with Crippen molar-refractivity contribution < 1.29 is 0 Å². The van der Waals surface area contributed by atoms with Crippen molar-refractivity contribution in [3.63, 3.8) is 0 Å². The first kappa shape index (κ1) is 10.7. The first-order valence-corrected chi connectivity index (χ1v) is 4.99. The van der Waals surface area contributed by atoms with Crippen LogP contribution in [0, 0.1) is 4.91 Å². The van der Waals surface area contributed by atoms with Gasteiger partial charge >= 0.3 is 0 Å². The Labute approximate surface area is 84.7 Å². The molecular weight excluding hydrogens is 176 g/mol. The monoisotopic (exact) mass is 192 g/mol. The Balaban J connectivity index is 2.25. The molecule has 0 aliphatic rings. The van der Waals surface area contributed by atoms with Gasteiger partial charge in [0, 0.05) is 13.1 Å². The summed E-state index contributed by atoms with van der Waals surface area (Å²) in [6.07, 6.45) is 1.98. The van der Waals surface area contributed by atoms with Crippen LogP contribution in [0.2, 0.25) is 0 Å². The van der Waals surface area contributed by atoms with Crippen LogP contribution >= 0.6 is 0 Å². The van der Waals surface area contributed by atoms with Crippen molar-refractivity contribution in [2.75, 3.05) is 13.1 Å². The van der Waals surface area contributed by atoms with E-state index in [1.807, 2.05) is 25.1 Å². The molecule has 3 nitrogen and oxygen atoms in total. The number of nitroso groups, excluding NO2 is 1. The van der Waals surface area contributed by atoms with Crippen molar-refractivity contribution in [2.45, 2.75) is 19.8 Å². The minimum absolute atomic E-state index is 0.693. The normalized spacial score (nSPS) is 9.79. The molecule has 76 valence electrons. The van der Waals surface area contributed by atoms with Crippen LogP contribution in [0.25, 0.3) is 0 Å². The third-order valence-electron chi connectivity index (χ3n) is 2.21. The number of hydrogen-bond acceptors (Lipinski definition) is 2. The van der Waals surface area contributed by atoms with Gasteiger partial charge in [-0.25, -0.2) is 0 Å². The minimum Gasteiger partial charge on any atom is -0.261 e. The van der Waals surface area contributed by atoms with Crippen LogP contribution in [-0.2, 0) is 6.42 Å². The molecule has 0 atom stereocenters. The standard InChI is InChI=1S/C11H16N2O/c1-2-13(12-14)10-6-9-11-7-4-3-5-8-11/h3-5,7-8H,2,6,9-10H2,1H3. The number of nitrogens with zero attached hydrogens (tertiary/aromatic N) is 2. The molecule has 0 aliphatic carbocycles. The largest absolute Gasteiger partial charge is 0.261 e. The smallest absolute Gasteiger partial charge is 0.0523 e. The van der Waals surface area contributed by atoms with Gasteiger partial charge in [-0.1, -0.05) is 30.3 Å². The molecule has 0 aliphatic heterocycles. The van der Waals surface area contributed by atoms with E-state index < -0.39 is 0 Å². The molecule has 1 aromatic rings. The summed E-state index contributed by atoms with van der Waals surface area (Å²) in [6, 6.07) is 10.3. The van der Waals surface area contributed by atoms with E-state index in [1.165, 1.54) is 5.56 Å². The molecule has 0 amide bonds. The molecule has 0 aromatic heterocycles. The molecule has 0 saturated heterocycles. The van der Waals surface area contributed by atoms with Crippen LogP contribution in [0.3, 0.4) is 0 Å². The highest BCUT2D eigenvalue weighted by molar-refractivity contribution is 5.14. The maximum absolute atomic E-state index is 10.3. The first-order chi connectivity index (χ1) is 6.86. The second-order valence-electron chi connectivity index (χ2n) is 3.22. The van der Waals surface area contributed by atoms with Crippen LogP contribution in [-0.4, -0.2) is 18.1 Å². The second-order valence-corrected chi connectivity index (χ2v) is 3.22. The van der Waals surface area contributed by atoms with Crippen molar-refractivity contribution in [1.29, 1.82) is 0 Å². The first-order valence-electron chi connectivity index (χ1n) is 4.99. The lowest BCUT2D eigenvalue weighted by atomic mass is 10.1. The number of rotatable bonds is 6. The van der Waals surface area contributed by atoms with Gasteiger partial charge in [-0.05, 0) is 25.3 Å². The van der Waals surface area contributed by atoms with E-state index >= 15 is 0 Å². The van der Waals surface area contributed by atoms with Crippen LogP contribution in [0.5, 0.6) is 0 Å². The van der Waals surface area contributed by atoms with Crippen LogP contribution in [0.1, 0.15) is 18.9 Å². The van der Waals surface area contributed by atoms with Gasteiger partial charge < -0.3 is 0 Å². The third kappa shape index (κ3) is 3.56. The van der Waals surface area contributed by atoms with Gasteiger partial charge in [-0.15, -0.1) is 4.91 Å². The lowest BCUT2D eigenvalue weighted by Gasteiger charge is -2.11. The summed E-state index contributed by atoms with van der Waals surface area (Å²) in [4.78, 5) is 10.3. The summed E-state index contributed by atoms with van der Waals surface area (Å²) in [5, 5.41) is 4.47. The van der Waals surface area contributed by atoms with E-state index in [9.17, 15) is 4.91 Å². The molecule has 14 heavy (non-hydrogen) atoms. The summed E-state index contributed by atoms with van der Waals surface area (Å²) in [5.41, 5.74) is 1.31. The molecule has 0 heterocycles. The van der Waals surface area contributed by atoms with Crippen molar-refractivity contribution in [3.05, 3.63) is 40.8 Å². The summed E-state index contributed by atoms with van der Waals surface area (Å²) in [7, 11) is 0. The molecule has 0 spiro atoms. The van der Waals surface area contributed by atoms with E-state index in [0.29, 0.717) is 6.54 Å². The number of aryl methyl sites for hydroxylation is 1. The Kier molecular flexibility index (Phi) is 4.69. The fraction of sp³-hybridized carbons (Fsp3) is 0.455. The highest BCUT2D eigenvalue weighted by atomic mass is 16.3. The van der Waals surface area contributed by atoms with Gasteiger partial charge in [0.05, 0.1) is 5.29 Å². The Bertz CT molecular complexity index is 261. The van der Waals surface area contributed by atoms with Gasteiger partial charge in [0.2, 0.25) is 0 Å². The molecule has 1 rings (SSSR count). The number of benzene rings is 1. The molecule has 3 heteroatoms. The SMILES string of the molecule is CCN(CCCc1ccccc1)N=O.